The highest BCUT2D eigenvalue weighted by atomic mass is 16.5. The molecule has 4 nitrogen and oxygen atoms in total. The Morgan fingerprint density at radius 2 is 1.89 bits per heavy atom. The molecule has 0 saturated carbocycles. The molecule has 0 saturated heterocycles. The van der Waals surface area contributed by atoms with E-state index in [0.717, 1.165) is 0 Å². The summed E-state index contributed by atoms with van der Waals surface area (Å²) in [6, 6.07) is 4.74. The van der Waals surface area contributed by atoms with E-state index >= 15 is 0 Å². The number of phenols is 1. The summed E-state index contributed by atoms with van der Waals surface area (Å²) in [6.07, 6.45) is -0.192. The third-order valence-electron chi connectivity index (χ3n) is 4.13. The Hall–Kier alpha value is -2.10. The van der Waals surface area contributed by atoms with Crippen molar-refractivity contribution in [2.45, 2.75) is 26.9 Å². The Labute approximate surface area is 110 Å². The molecular weight excluding hydrogens is 244 g/mol. The smallest absolute Gasteiger partial charge is 0.237 e. The van der Waals surface area contributed by atoms with Gasteiger partial charge in [0.05, 0.1) is 11.1 Å². The molecule has 0 bridgehead atoms. The van der Waals surface area contributed by atoms with Crippen LogP contribution in [0, 0.1) is 5.41 Å². The molecule has 1 aliphatic carbocycles. The van der Waals surface area contributed by atoms with E-state index in [-0.39, 0.29) is 17.4 Å². The van der Waals surface area contributed by atoms with Crippen LogP contribution in [0.25, 0.3) is 5.76 Å². The molecule has 1 aromatic rings. The second-order valence-corrected chi connectivity index (χ2v) is 5.54. The van der Waals surface area contributed by atoms with Crippen molar-refractivity contribution >= 4 is 17.3 Å². The zero-order chi connectivity index (χ0) is 13.9. The molecule has 98 valence electrons. The van der Waals surface area contributed by atoms with Crippen molar-refractivity contribution < 1.29 is 19.4 Å². The van der Waals surface area contributed by atoms with Gasteiger partial charge in [0.2, 0.25) is 11.6 Å². The third-order valence-corrected chi connectivity index (χ3v) is 4.13. The topological polar surface area (TPSA) is 63.6 Å². The van der Waals surface area contributed by atoms with Crippen molar-refractivity contribution in [3.05, 3.63) is 34.9 Å². The van der Waals surface area contributed by atoms with E-state index in [1.165, 1.54) is 6.07 Å². The van der Waals surface area contributed by atoms with Crippen LogP contribution in [0.4, 0.5) is 0 Å². The number of benzene rings is 1. The number of ether oxygens (including phenoxy) is 1. The second-order valence-electron chi connectivity index (χ2n) is 5.54. The fraction of sp³-hybridized carbons (Fsp3) is 0.333. The maximum absolute atomic E-state index is 12.3. The minimum atomic E-state index is -0.655. The van der Waals surface area contributed by atoms with E-state index in [9.17, 15) is 14.7 Å². The number of hydrogen-bond donors (Lipinski definition) is 1. The van der Waals surface area contributed by atoms with Gasteiger partial charge in [-0.05, 0) is 13.0 Å². The number of carbonyl (C=O) groups excluding carboxylic acids is 2. The van der Waals surface area contributed by atoms with Gasteiger partial charge in [0.15, 0.2) is 0 Å². The summed E-state index contributed by atoms with van der Waals surface area (Å²) in [5.41, 5.74) is 0.474. The molecule has 0 unspecified atom stereocenters. The summed E-state index contributed by atoms with van der Waals surface area (Å²) in [5.74, 6) is -0.965. The second kappa shape index (κ2) is 3.47. The zero-order valence-electron chi connectivity index (χ0n) is 11.0. The lowest BCUT2D eigenvalue weighted by atomic mass is 9.74. The van der Waals surface area contributed by atoms with Gasteiger partial charge >= 0.3 is 0 Å². The van der Waals surface area contributed by atoms with Crippen LogP contribution in [0.15, 0.2) is 23.8 Å². The van der Waals surface area contributed by atoms with Gasteiger partial charge in [-0.3, -0.25) is 9.59 Å². The monoisotopic (exact) mass is 258 g/mol. The molecule has 3 rings (SSSR count). The highest BCUT2D eigenvalue weighted by molar-refractivity contribution is 6.53. The Morgan fingerprint density at radius 1 is 1.21 bits per heavy atom. The number of ketones is 2. The fourth-order valence-electron chi connectivity index (χ4n) is 2.67. The first-order chi connectivity index (χ1) is 8.85. The van der Waals surface area contributed by atoms with Crippen LogP contribution in [0.5, 0.6) is 5.75 Å². The molecule has 1 aliphatic heterocycles. The number of carbonyl (C=O) groups is 2. The largest absolute Gasteiger partial charge is 0.507 e. The SMILES string of the molecule is C[C@@H]1OC2=C(C(=O)C(=O)c3c(O)cccc32)C1(C)C. The number of hydrogen-bond acceptors (Lipinski definition) is 4. The van der Waals surface area contributed by atoms with Crippen LogP contribution in [0.1, 0.15) is 36.7 Å². The summed E-state index contributed by atoms with van der Waals surface area (Å²) in [5, 5.41) is 9.81. The summed E-state index contributed by atoms with van der Waals surface area (Å²) in [7, 11) is 0. The quantitative estimate of drug-likeness (QED) is 0.725. The number of rotatable bonds is 0. The Bertz CT molecular complexity index is 652. The maximum atomic E-state index is 12.3. The van der Waals surface area contributed by atoms with Crippen LogP contribution in [0.2, 0.25) is 0 Å². The van der Waals surface area contributed by atoms with Gasteiger partial charge in [-0.1, -0.05) is 26.0 Å². The molecule has 1 aromatic carbocycles. The van der Waals surface area contributed by atoms with Gasteiger partial charge in [-0.15, -0.1) is 0 Å². The van der Waals surface area contributed by atoms with Crippen molar-refractivity contribution in [1.82, 2.24) is 0 Å². The van der Waals surface area contributed by atoms with E-state index in [0.29, 0.717) is 16.9 Å². The highest BCUT2D eigenvalue weighted by Crippen LogP contribution is 2.49. The highest BCUT2D eigenvalue weighted by Gasteiger charge is 2.50. The van der Waals surface area contributed by atoms with Crippen molar-refractivity contribution in [2.75, 3.05) is 0 Å². The summed E-state index contributed by atoms with van der Waals surface area (Å²) in [6.45, 7) is 5.65. The van der Waals surface area contributed by atoms with E-state index in [4.69, 9.17) is 4.74 Å². The normalized spacial score (nSPS) is 24.1. The Morgan fingerprint density at radius 3 is 2.58 bits per heavy atom. The average molecular weight is 258 g/mol. The minimum absolute atomic E-state index is 0.0520. The molecule has 2 aliphatic rings. The van der Waals surface area contributed by atoms with E-state index in [1.54, 1.807) is 12.1 Å². The number of aromatic hydroxyl groups is 1. The average Bonchev–Trinajstić information content (AvgIpc) is 2.58. The molecule has 1 N–H and O–H groups in total. The van der Waals surface area contributed by atoms with Crippen LogP contribution in [-0.4, -0.2) is 22.8 Å². The van der Waals surface area contributed by atoms with Crippen molar-refractivity contribution in [2.24, 2.45) is 5.41 Å². The molecule has 1 atom stereocenters. The summed E-state index contributed by atoms with van der Waals surface area (Å²) < 4.78 is 5.78. The molecule has 4 heteroatoms. The van der Waals surface area contributed by atoms with E-state index in [2.05, 4.69) is 0 Å². The van der Waals surface area contributed by atoms with Crippen LogP contribution in [0.3, 0.4) is 0 Å². The number of Topliss-reactive ketones (excluding diaryl/α,β-unsaturated/α-hetero) is 2. The first-order valence-electron chi connectivity index (χ1n) is 6.18. The van der Waals surface area contributed by atoms with Gasteiger partial charge in [-0.2, -0.15) is 0 Å². The molecular formula is C15H14O4. The van der Waals surface area contributed by atoms with Crippen molar-refractivity contribution in [3.63, 3.8) is 0 Å². The first-order valence-corrected chi connectivity index (χ1v) is 6.18. The lowest BCUT2D eigenvalue weighted by molar-refractivity contribution is -0.112. The molecule has 0 fully saturated rings. The summed E-state index contributed by atoms with van der Waals surface area (Å²) >= 11 is 0. The minimum Gasteiger partial charge on any atom is -0.507 e. The molecule has 0 spiro atoms. The molecule has 0 radical (unpaired) electrons. The number of phenolic OH excluding ortho intramolecular Hbond substituents is 1. The van der Waals surface area contributed by atoms with Crippen molar-refractivity contribution in [3.8, 4) is 5.75 Å². The molecule has 1 heterocycles. The van der Waals surface area contributed by atoms with Crippen LogP contribution >= 0.6 is 0 Å². The van der Waals surface area contributed by atoms with Crippen molar-refractivity contribution in [1.29, 1.82) is 0 Å². The van der Waals surface area contributed by atoms with Gasteiger partial charge in [-0.25, -0.2) is 0 Å². The molecule has 19 heavy (non-hydrogen) atoms. The predicted molar refractivity (Wildman–Crippen MR) is 68.7 cm³/mol. The van der Waals surface area contributed by atoms with Gasteiger partial charge in [0.1, 0.15) is 17.6 Å². The summed E-state index contributed by atoms with van der Waals surface area (Å²) in [4.78, 5) is 24.5. The molecule has 0 amide bonds. The van der Waals surface area contributed by atoms with Gasteiger partial charge in [0, 0.05) is 11.0 Å². The maximum Gasteiger partial charge on any atom is 0.237 e. The Balaban J connectivity index is 2.35. The number of fused-ring (bicyclic) bond motifs is 2. The predicted octanol–water partition coefficient (Wildman–Crippen LogP) is 2.31. The van der Waals surface area contributed by atoms with E-state index < -0.39 is 17.0 Å². The first kappa shape index (κ1) is 12.0. The van der Waals surface area contributed by atoms with Crippen LogP contribution < -0.4 is 0 Å². The van der Waals surface area contributed by atoms with E-state index in [1.807, 2.05) is 20.8 Å². The fourth-order valence-corrected chi connectivity index (χ4v) is 2.67. The van der Waals surface area contributed by atoms with Gasteiger partial charge < -0.3 is 9.84 Å². The standard InChI is InChI=1S/C15H14O4/c1-7-15(2,3)11-13(18)12(17)10-8(14(11)19-7)5-4-6-9(10)16/h4-7,16H,1-3H3/t7-/m0/s1. The molecule has 0 aromatic heterocycles. The third kappa shape index (κ3) is 1.34. The Kier molecular flexibility index (Phi) is 2.18. The lowest BCUT2D eigenvalue weighted by Crippen LogP contribution is -2.32. The van der Waals surface area contributed by atoms with Gasteiger partial charge in [0.25, 0.3) is 0 Å². The van der Waals surface area contributed by atoms with Crippen LogP contribution in [-0.2, 0) is 9.53 Å². The zero-order valence-corrected chi connectivity index (χ0v) is 11.0. The lowest BCUT2D eigenvalue weighted by Gasteiger charge is -2.24.